The molecule has 2 atom stereocenters. The van der Waals surface area contributed by atoms with Gasteiger partial charge in [-0.05, 0) is 41.5 Å². The van der Waals surface area contributed by atoms with Gasteiger partial charge in [-0.15, -0.1) is 11.3 Å². The molecule has 4 rings (SSSR count). The van der Waals surface area contributed by atoms with Crippen molar-refractivity contribution >= 4 is 34.0 Å². The molecule has 0 unspecified atom stereocenters. The van der Waals surface area contributed by atoms with Gasteiger partial charge in [-0.3, -0.25) is 4.79 Å². The number of aryl methyl sites for hydroxylation is 1. The molecule has 0 radical (unpaired) electrons. The van der Waals surface area contributed by atoms with E-state index in [0.29, 0.717) is 19.4 Å². The van der Waals surface area contributed by atoms with Gasteiger partial charge in [0.15, 0.2) is 0 Å². The molecule has 1 fully saturated rings. The van der Waals surface area contributed by atoms with Gasteiger partial charge >= 0.3 is 0 Å². The number of hydrogen-bond acceptors (Lipinski definition) is 5. The first-order chi connectivity index (χ1) is 12.5. The molecule has 0 aliphatic carbocycles. The van der Waals surface area contributed by atoms with Crippen molar-refractivity contribution in [2.75, 3.05) is 6.61 Å². The summed E-state index contributed by atoms with van der Waals surface area (Å²) in [6.45, 7) is 2.59. The fourth-order valence-electron chi connectivity index (χ4n) is 3.55. The minimum absolute atomic E-state index is 0.0112. The maximum Gasteiger partial charge on any atom is 0.250 e. The summed E-state index contributed by atoms with van der Waals surface area (Å²) >= 11 is 3.27. The average molecular weight is 388 g/mol. The molecule has 26 heavy (non-hydrogen) atoms. The van der Waals surface area contributed by atoms with Gasteiger partial charge in [0.25, 0.3) is 5.56 Å². The van der Waals surface area contributed by atoms with Gasteiger partial charge in [0.2, 0.25) is 0 Å². The van der Waals surface area contributed by atoms with E-state index in [1.165, 1.54) is 0 Å². The van der Waals surface area contributed by atoms with Crippen LogP contribution in [-0.2, 0) is 17.4 Å². The Morgan fingerprint density at radius 3 is 3.00 bits per heavy atom. The number of nitrogens with zero attached hydrogens (tertiary/aromatic N) is 1. The molecule has 0 bridgehead atoms. The van der Waals surface area contributed by atoms with Crippen LogP contribution in [0.15, 0.2) is 55.7 Å². The molecule has 3 aromatic rings. The van der Waals surface area contributed by atoms with Crippen LogP contribution in [0.25, 0.3) is 10.9 Å². The van der Waals surface area contributed by atoms with Gasteiger partial charge in [-0.25, -0.2) is 0 Å². The molecule has 6 heteroatoms. The Kier molecular flexibility index (Phi) is 4.69. The van der Waals surface area contributed by atoms with Crippen molar-refractivity contribution < 1.29 is 9.84 Å². The zero-order chi connectivity index (χ0) is 18.3. The van der Waals surface area contributed by atoms with Crippen LogP contribution in [0.5, 0.6) is 0 Å². The van der Waals surface area contributed by atoms with Gasteiger partial charge in [0, 0.05) is 30.9 Å². The molecular weight excluding hydrogens is 366 g/mol. The summed E-state index contributed by atoms with van der Waals surface area (Å²) in [5, 5.41) is 14.1. The molecular formula is C20H21NO3S2. The number of para-hydroxylation sites is 1. The largest absolute Gasteiger partial charge is 0.385 e. The third kappa shape index (κ3) is 3.22. The van der Waals surface area contributed by atoms with Crippen LogP contribution in [0, 0.1) is 0 Å². The lowest BCUT2D eigenvalue weighted by molar-refractivity contribution is -0.101. The second-order valence-electron chi connectivity index (χ2n) is 6.85. The number of pyridine rings is 1. The van der Waals surface area contributed by atoms with Gasteiger partial charge < -0.3 is 14.4 Å². The molecule has 0 spiro atoms. The Hall–Kier alpha value is -1.60. The predicted molar refractivity (Wildman–Crippen MR) is 106 cm³/mol. The lowest BCUT2D eigenvalue weighted by Gasteiger charge is -2.35. The highest BCUT2D eigenvalue weighted by atomic mass is 32.2. The first kappa shape index (κ1) is 17.8. The zero-order valence-corrected chi connectivity index (χ0v) is 16.4. The number of benzene rings is 1. The molecule has 3 heterocycles. The minimum atomic E-state index is -0.807. The minimum Gasteiger partial charge on any atom is -0.385 e. The normalized spacial score (nSPS) is 23.4. The van der Waals surface area contributed by atoms with E-state index in [1.807, 2.05) is 36.6 Å². The lowest BCUT2D eigenvalue weighted by Crippen LogP contribution is -2.37. The summed E-state index contributed by atoms with van der Waals surface area (Å²) in [5.74, 6) is 0. The van der Waals surface area contributed by atoms with Gasteiger partial charge in [-0.1, -0.05) is 23.9 Å². The van der Waals surface area contributed by atoms with Crippen LogP contribution in [-0.4, -0.2) is 22.4 Å². The van der Waals surface area contributed by atoms with Crippen molar-refractivity contribution in [1.82, 2.24) is 4.57 Å². The summed E-state index contributed by atoms with van der Waals surface area (Å²) in [4.78, 5) is 13.1. The average Bonchev–Trinajstić information content (AvgIpc) is 3.08. The summed E-state index contributed by atoms with van der Waals surface area (Å²) < 4.78 is 8.38. The molecule has 1 N–H and O–H groups in total. The number of thiophene rings is 1. The van der Waals surface area contributed by atoms with Gasteiger partial charge in [-0.2, -0.15) is 0 Å². The van der Waals surface area contributed by atoms with Crippen molar-refractivity contribution in [1.29, 1.82) is 0 Å². The van der Waals surface area contributed by atoms with Crippen molar-refractivity contribution in [3.05, 3.63) is 57.7 Å². The monoisotopic (exact) mass is 387 g/mol. The highest BCUT2D eigenvalue weighted by molar-refractivity contribution is 8.01. The van der Waals surface area contributed by atoms with E-state index in [1.54, 1.807) is 40.8 Å². The topological polar surface area (TPSA) is 51.5 Å². The Balaban J connectivity index is 1.67. The van der Waals surface area contributed by atoms with Crippen LogP contribution in [0.3, 0.4) is 0 Å². The van der Waals surface area contributed by atoms with E-state index in [2.05, 4.69) is 6.07 Å². The van der Waals surface area contributed by atoms with E-state index in [-0.39, 0.29) is 11.7 Å². The lowest BCUT2D eigenvalue weighted by atomic mass is 9.86. The van der Waals surface area contributed by atoms with Crippen LogP contribution in [0.4, 0.5) is 0 Å². The SMILES string of the molecule is C[C@H]1C[C@@](O)(c2csc(Sc3cccc4ccc(=O)n(C)c34)c2)CCO1. The number of aromatic nitrogens is 1. The number of fused-ring (bicyclic) bond motifs is 1. The highest BCUT2D eigenvalue weighted by Crippen LogP contribution is 2.42. The van der Waals surface area contributed by atoms with E-state index in [0.717, 1.165) is 25.6 Å². The second kappa shape index (κ2) is 6.85. The molecule has 1 aliphatic rings. The second-order valence-corrected chi connectivity index (χ2v) is 9.10. The molecule has 0 amide bonds. The third-order valence-electron chi connectivity index (χ3n) is 4.97. The molecule has 1 aliphatic heterocycles. The van der Waals surface area contributed by atoms with Gasteiger partial charge in [0.1, 0.15) is 0 Å². The Labute approximate surface area is 160 Å². The highest BCUT2D eigenvalue weighted by Gasteiger charge is 2.35. The van der Waals surface area contributed by atoms with Crippen molar-refractivity contribution in [2.45, 2.75) is 40.6 Å². The van der Waals surface area contributed by atoms with Crippen molar-refractivity contribution in [3.63, 3.8) is 0 Å². The summed E-state index contributed by atoms with van der Waals surface area (Å²) in [5.41, 5.74) is 1.09. The first-order valence-electron chi connectivity index (χ1n) is 8.66. The van der Waals surface area contributed by atoms with E-state index < -0.39 is 5.60 Å². The Bertz CT molecular complexity index is 1010. The maximum atomic E-state index is 12.0. The molecule has 0 saturated carbocycles. The van der Waals surface area contributed by atoms with Gasteiger partial charge in [0.05, 0.1) is 28.0 Å². The van der Waals surface area contributed by atoms with E-state index in [9.17, 15) is 9.90 Å². The van der Waals surface area contributed by atoms with Crippen LogP contribution < -0.4 is 5.56 Å². The number of ether oxygens (including phenoxy) is 1. The Morgan fingerprint density at radius 1 is 1.35 bits per heavy atom. The fraction of sp³-hybridized carbons (Fsp3) is 0.350. The number of aliphatic hydroxyl groups is 1. The summed E-state index contributed by atoms with van der Waals surface area (Å²) in [6, 6.07) is 11.6. The molecule has 1 saturated heterocycles. The van der Waals surface area contributed by atoms with Crippen LogP contribution in [0.2, 0.25) is 0 Å². The molecule has 4 nitrogen and oxygen atoms in total. The van der Waals surface area contributed by atoms with Crippen molar-refractivity contribution in [3.8, 4) is 0 Å². The number of hydrogen-bond donors (Lipinski definition) is 1. The third-order valence-corrected chi connectivity index (χ3v) is 7.10. The van der Waals surface area contributed by atoms with Crippen LogP contribution >= 0.6 is 23.1 Å². The standard InChI is InChI=1S/C20H21NO3S2/c1-13-11-20(23,8-9-24-13)15-10-18(25-12-15)26-16-5-3-4-14-6-7-17(22)21(2)19(14)16/h3-7,10,12-13,23H,8-9,11H2,1-2H3/t13-,20+/m0/s1. The van der Waals surface area contributed by atoms with Crippen LogP contribution in [0.1, 0.15) is 25.3 Å². The molecule has 1 aromatic carbocycles. The molecule has 2 aromatic heterocycles. The number of rotatable bonds is 3. The predicted octanol–water partition coefficient (Wildman–Crippen LogP) is 4.14. The smallest absolute Gasteiger partial charge is 0.250 e. The van der Waals surface area contributed by atoms with E-state index in [4.69, 9.17) is 4.74 Å². The Morgan fingerprint density at radius 2 is 2.19 bits per heavy atom. The fourth-order valence-corrected chi connectivity index (χ4v) is 5.78. The zero-order valence-electron chi connectivity index (χ0n) is 14.8. The first-order valence-corrected chi connectivity index (χ1v) is 10.4. The summed E-state index contributed by atoms with van der Waals surface area (Å²) in [6.07, 6.45) is 1.31. The van der Waals surface area contributed by atoms with Crippen molar-refractivity contribution in [2.24, 2.45) is 7.05 Å². The van der Waals surface area contributed by atoms with E-state index >= 15 is 0 Å². The quantitative estimate of drug-likeness (QED) is 0.734. The maximum absolute atomic E-state index is 12.0. The summed E-state index contributed by atoms with van der Waals surface area (Å²) in [7, 11) is 1.81. The molecule has 136 valence electrons.